The van der Waals surface area contributed by atoms with Crippen molar-refractivity contribution in [2.24, 2.45) is 5.92 Å². The van der Waals surface area contributed by atoms with E-state index in [1.54, 1.807) is 24.3 Å². The Balaban J connectivity index is 1.64. The zero-order valence-corrected chi connectivity index (χ0v) is 16.4. The van der Waals surface area contributed by atoms with Gasteiger partial charge in [0.15, 0.2) is 6.61 Å². The molecule has 0 bridgehead atoms. The molecule has 3 aromatic rings. The second kappa shape index (κ2) is 8.91. The van der Waals surface area contributed by atoms with Gasteiger partial charge in [0, 0.05) is 11.6 Å². The number of para-hydroxylation sites is 2. The number of hydrogen-bond donors (Lipinski definition) is 1. The van der Waals surface area contributed by atoms with Crippen LogP contribution in [-0.2, 0) is 17.9 Å². The number of rotatable bonds is 8. The number of imidazole rings is 1. The van der Waals surface area contributed by atoms with Gasteiger partial charge in [0.2, 0.25) is 0 Å². The molecule has 0 fully saturated rings. The zero-order chi connectivity index (χ0) is 19.2. The van der Waals surface area contributed by atoms with E-state index in [1.165, 1.54) is 0 Å². The van der Waals surface area contributed by atoms with Crippen molar-refractivity contribution in [2.75, 3.05) is 6.61 Å². The summed E-state index contributed by atoms with van der Waals surface area (Å²) < 4.78 is 7.68. The summed E-state index contributed by atoms with van der Waals surface area (Å²) >= 11 is 5.84. The van der Waals surface area contributed by atoms with Crippen LogP contribution in [0.15, 0.2) is 48.5 Å². The molecule has 1 amide bonds. The molecule has 1 unspecified atom stereocenters. The lowest BCUT2D eigenvalue weighted by molar-refractivity contribution is -0.123. The van der Waals surface area contributed by atoms with Gasteiger partial charge >= 0.3 is 0 Å². The maximum absolute atomic E-state index is 12.2. The molecule has 27 heavy (non-hydrogen) atoms. The number of nitrogens with zero attached hydrogens (tertiary/aromatic N) is 2. The fourth-order valence-electron chi connectivity index (χ4n) is 2.81. The second-order valence-corrected chi connectivity index (χ2v) is 7.10. The summed E-state index contributed by atoms with van der Waals surface area (Å²) in [4.78, 5) is 16.9. The van der Waals surface area contributed by atoms with Crippen LogP contribution in [0.25, 0.3) is 11.0 Å². The van der Waals surface area contributed by atoms with E-state index in [4.69, 9.17) is 21.3 Å². The zero-order valence-electron chi connectivity index (χ0n) is 15.6. The fourth-order valence-corrected chi connectivity index (χ4v) is 2.94. The maximum Gasteiger partial charge on any atom is 0.258 e. The van der Waals surface area contributed by atoms with Crippen molar-refractivity contribution in [3.05, 3.63) is 59.4 Å². The SMILES string of the molecule is CCC(C)Cn1c(CNC(=O)COc2ccc(Cl)cc2)nc2ccccc21. The highest BCUT2D eigenvalue weighted by molar-refractivity contribution is 6.30. The predicted octanol–water partition coefficient (Wildman–Crippen LogP) is 4.43. The number of halogens is 1. The monoisotopic (exact) mass is 385 g/mol. The van der Waals surface area contributed by atoms with Crippen molar-refractivity contribution in [1.82, 2.24) is 14.9 Å². The van der Waals surface area contributed by atoms with Crippen LogP contribution >= 0.6 is 11.6 Å². The number of nitrogens with one attached hydrogen (secondary N) is 1. The molecule has 6 heteroatoms. The van der Waals surface area contributed by atoms with Crippen molar-refractivity contribution in [1.29, 1.82) is 0 Å². The lowest BCUT2D eigenvalue weighted by Crippen LogP contribution is -2.29. The molecule has 3 rings (SSSR count). The molecule has 142 valence electrons. The van der Waals surface area contributed by atoms with Gasteiger partial charge in [-0.05, 0) is 42.3 Å². The van der Waals surface area contributed by atoms with Gasteiger partial charge in [-0.2, -0.15) is 0 Å². The highest BCUT2D eigenvalue weighted by Crippen LogP contribution is 2.19. The molecule has 1 N–H and O–H groups in total. The standard InChI is InChI=1S/C21H24ClN3O2/c1-3-15(2)13-25-19-7-5-4-6-18(19)24-20(25)12-23-21(26)14-27-17-10-8-16(22)9-11-17/h4-11,15H,3,12-14H2,1-2H3,(H,23,26). The summed E-state index contributed by atoms with van der Waals surface area (Å²) in [7, 11) is 0. The van der Waals surface area contributed by atoms with Crippen LogP contribution in [0, 0.1) is 5.92 Å². The average molecular weight is 386 g/mol. The van der Waals surface area contributed by atoms with E-state index in [-0.39, 0.29) is 12.5 Å². The number of aromatic nitrogens is 2. The topological polar surface area (TPSA) is 56.2 Å². The summed E-state index contributed by atoms with van der Waals surface area (Å²) in [5.41, 5.74) is 2.04. The molecule has 5 nitrogen and oxygen atoms in total. The molecule has 1 aromatic heterocycles. The van der Waals surface area contributed by atoms with Crippen molar-refractivity contribution in [3.8, 4) is 5.75 Å². The minimum Gasteiger partial charge on any atom is -0.484 e. The van der Waals surface area contributed by atoms with Crippen molar-refractivity contribution in [3.63, 3.8) is 0 Å². The van der Waals surface area contributed by atoms with Crippen LogP contribution in [-0.4, -0.2) is 22.1 Å². The molecule has 0 aliphatic carbocycles. The summed E-state index contributed by atoms with van der Waals surface area (Å²) in [6.07, 6.45) is 1.09. The largest absolute Gasteiger partial charge is 0.484 e. The molecule has 1 heterocycles. The van der Waals surface area contributed by atoms with Crippen LogP contribution < -0.4 is 10.1 Å². The van der Waals surface area contributed by atoms with Crippen LogP contribution in [0.2, 0.25) is 5.02 Å². The van der Waals surface area contributed by atoms with Gasteiger partial charge in [0.05, 0.1) is 17.6 Å². The Morgan fingerprint density at radius 2 is 1.96 bits per heavy atom. The Kier molecular flexibility index (Phi) is 6.35. The Morgan fingerprint density at radius 3 is 2.70 bits per heavy atom. The van der Waals surface area contributed by atoms with Crippen LogP contribution in [0.3, 0.4) is 0 Å². The van der Waals surface area contributed by atoms with Crippen LogP contribution in [0.4, 0.5) is 0 Å². The average Bonchev–Trinajstić information content (AvgIpc) is 3.03. The van der Waals surface area contributed by atoms with E-state index >= 15 is 0 Å². The van der Waals surface area contributed by atoms with Crippen molar-refractivity contribution < 1.29 is 9.53 Å². The number of carbonyl (C=O) groups is 1. The molecule has 0 saturated heterocycles. The molecule has 2 aromatic carbocycles. The molecular weight excluding hydrogens is 362 g/mol. The third-order valence-electron chi connectivity index (χ3n) is 4.55. The van der Waals surface area contributed by atoms with Gasteiger partial charge in [-0.1, -0.05) is 44.0 Å². The first-order valence-corrected chi connectivity index (χ1v) is 9.53. The first-order valence-electron chi connectivity index (χ1n) is 9.16. The van der Waals surface area contributed by atoms with E-state index in [9.17, 15) is 4.79 Å². The summed E-state index contributed by atoms with van der Waals surface area (Å²) in [6.45, 7) is 5.60. The number of amides is 1. The number of fused-ring (bicyclic) bond motifs is 1. The van der Waals surface area contributed by atoms with Crippen LogP contribution in [0.1, 0.15) is 26.1 Å². The lowest BCUT2D eigenvalue weighted by Gasteiger charge is -2.14. The normalized spacial score (nSPS) is 12.1. The third kappa shape index (κ3) is 5.01. The Hall–Kier alpha value is -2.53. The molecule has 0 spiro atoms. The predicted molar refractivity (Wildman–Crippen MR) is 108 cm³/mol. The van der Waals surface area contributed by atoms with Crippen molar-refractivity contribution in [2.45, 2.75) is 33.4 Å². The van der Waals surface area contributed by atoms with E-state index in [2.05, 4.69) is 29.8 Å². The molecule has 0 aliphatic heterocycles. The highest BCUT2D eigenvalue weighted by Gasteiger charge is 2.13. The number of benzene rings is 2. The number of carbonyl (C=O) groups excluding carboxylic acids is 1. The molecular formula is C21H24ClN3O2. The first-order chi connectivity index (χ1) is 13.1. The summed E-state index contributed by atoms with van der Waals surface area (Å²) in [6, 6.07) is 15.0. The Morgan fingerprint density at radius 1 is 1.22 bits per heavy atom. The van der Waals surface area contributed by atoms with Gasteiger partial charge in [-0.25, -0.2) is 4.98 Å². The van der Waals surface area contributed by atoms with Crippen molar-refractivity contribution >= 4 is 28.5 Å². The van der Waals surface area contributed by atoms with Gasteiger partial charge < -0.3 is 14.6 Å². The molecule has 0 aliphatic rings. The van der Waals surface area contributed by atoms with E-state index in [1.807, 2.05) is 18.2 Å². The van der Waals surface area contributed by atoms with Crippen LogP contribution in [0.5, 0.6) is 5.75 Å². The fraction of sp³-hybridized carbons (Fsp3) is 0.333. The van der Waals surface area contributed by atoms with E-state index in [0.29, 0.717) is 23.2 Å². The first kappa shape index (κ1) is 19.2. The highest BCUT2D eigenvalue weighted by atomic mass is 35.5. The Labute approximate surface area is 164 Å². The second-order valence-electron chi connectivity index (χ2n) is 6.66. The smallest absolute Gasteiger partial charge is 0.258 e. The van der Waals surface area contributed by atoms with Gasteiger partial charge in [-0.3, -0.25) is 4.79 Å². The lowest BCUT2D eigenvalue weighted by atomic mass is 10.1. The quantitative estimate of drug-likeness (QED) is 0.624. The maximum atomic E-state index is 12.2. The minimum absolute atomic E-state index is 0.0484. The molecule has 0 saturated carbocycles. The van der Waals surface area contributed by atoms with E-state index in [0.717, 1.165) is 29.8 Å². The summed E-state index contributed by atoms with van der Waals surface area (Å²) in [5, 5.41) is 3.53. The molecule has 0 radical (unpaired) electrons. The van der Waals surface area contributed by atoms with Gasteiger partial charge in [0.1, 0.15) is 11.6 Å². The van der Waals surface area contributed by atoms with E-state index < -0.39 is 0 Å². The Bertz CT molecular complexity index is 905. The third-order valence-corrected chi connectivity index (χ3v) is 4.80. The van der Waals surface area contributed by atoms with Gasteiger partial charge in [-0.15, -0.1) is 0 Å². The minimum atomic E-state index is -0.188. The summed E-state index contributed by atoms with van der Waals surface area (Å²) in [5.74, 6) is 1.81. The van der Waals surface area contributed by atoms with Gasteiger partial charge in [0.25, 0.3) is 5.91 Å². The molecule has 1 atom stereocenters. The number of ether oxygens (including phenoxy) is 1. The number of hydrogen-bond acceptors (Lipinski definition) is 3.